The third-order valence-electron chi connectivity index (χ3n) is 2.57. The molecule has 2 saturated carbocycles. The largest absolute Gasteiger partial charge is 0.393 e. The van der Waals surface area contributed by atoms with Gasteiger partial charge in [0.2, 0.25) is 0 Å². The molecule has 2 heterocycles. The highest BCUT2D eigenvalue weighted by molar-refractivity contribution is 6.00. The van der Waals surface area contributed by atoms with Crippen LogP contribution in [0.2, 0.25) is 0 Å². The Bertz CT molecular complexity index is 200. The van der Waals surface area contributed by atoms with Crippen LogP contribution in [-0.4, -0.2) is 11.9 Å². The van der Waals surface area contributed by atoms with Crippen LogP contribution in [0.5, 0.6) is 0 Å². The quantitative estimate of drug-likeness (QED) is 0.325. The number of ether oxygens (including phenoxy) is 1. The van der Waals surface area contributed by atoms with Crippen molar-refractivity contribution >= 4 is 11.9 Å². The lowest BCUT2D eigenvalue weighted by Gasteiger charge is -2.15. The summed E-state index contributed by atoms with van der Waals surface area (Å²) in [7, 11) is 0. The van der Waals surface area contributed by atoms with Crippen LogP contribution >= 0.6 is 0 Å². The van der Waals surface area contributed by atoms with Crippen molar-refractivity contribution in [3.05, 3.63) is 0 Å². The summed E-state index contributed by atoms with van der Waals surface area (Å²) in [6.07, 6.45) is 0. The minimum Gasteiger partial charge on any atom is -0.393 e. The average Bonchev–Trinajstić information content (AvgIpc) is 2.41. The van der Waals surface area contributed by atoms with Crippen LogP contribution in [0.15, 0.2) is 0 Å². The Labute approximate surface area is 51.0 Å². The molecule has 2 bridgehead atoms. The van der Waals surface area contributed by atoms with Gasteiger partial charge in [-0.3, -0.25) is 9.59 Å². The maximum Gasteiger partial charge on any atom is 0.317 e. The van der Waals surface area contributed by atoms with E-state index in [1.165, 1.54) is 0 Å². The summed E-state index contributed by atoms with van der Waals surface area (Å²) in [6, 6.07) is 0. The van der Waals surface area contributed by atoms with Crippen molar-refractivity contribution in [1.82, 2.24) is 0 Å². The molecule has 3 heteroatoms. The molecule has 0 atom stereocenters. The van der Waals surface area contributed by atoms with Gasteiger partial charge in [-0.1, -0.05) is 0 Å². The highest BCUT2D eigenvalue weighted by atomic mass is 16.6. The van der Waals surface area contributed by atoms with Gasteiger partial charge in [0.15, 0.2) is 0 Å². The minimum absolute atomic E-state index is 0.132. The third-order valence-corrected chi connectivity index (χ3v) is 2.57. The number of hydrogen-bond donors (Lipinski definition) is 0. The smallest absolute Gasteiger partial charge is 0.317 e. The highest BCUT2D eigenvalue weighted by Crippen LogP contribution is 2.75. The maximum absolute atomic E-state index is 10.6. The molecule has 4 rings (SSSR count). The molecule has 2 saturated heterocycles. The van der Waals surface area contributed by atoms with E-state index in [4.69, 9.17) is 0 Å². The SMILES string of the molecule is O=C1OC(=O)C2C3C1C23. The van der Waals surface area contributed by atoms with Crippen molar-refractivity contribution in [3.8, 4) is 0 Å². The van der Waals surface area contributed by atoms with E-state index in [2.05, 4.69) is 4.74 Å². The number of hydrogen-bond acceptors (Lipinski definition) is 3. The predicted molar refractivity (Wildman–Crippen MR) is 25.1 cm³/mol. The van der Waals surface area contributed by atoms with Gasteiger partial charge in [-0.2, -0.15) is 0 Å². The van der Waals surface area contributed by atoms with E-state index < -0.39 is 0 Å². The summed E-state index contributed by atoms with van der Waals surface area (Å²) in [6.45, 7) is 0. The Morgan fingerprint density at radius 2 is 1.44 bits per heavy atom. The van der Waals surface area contributed by atoms with Gasteiger partial charge < -0.3 is 4.74 Å². The van der Waals surface area contributed by atoms with Crippen LogP contribution in [0.3, 0.4) is 0 Å². The molecule has 2 aliphatic heterocycles. The molecule has 9 heavy (non-hydrogen) atoms. The summed E-state index contributed by atoms with van der Waals surface area (Å²) < 4.78 is 4.39. The van der Waals surface area contributed by atoms with E-state index in [1.54, 1.807) is 0 Å². The predicted octanol–water partition coefficient (Wildman–Crippen LogP) is -0.438. The Balaban J connectivity index is 2.03. The lowest BCUT2D eigenvalue weighted by molar-refractivity contribution is -0.170. The van der Waals surface area contributed by atoms with Crippen molar-refractivity contribution in [1.29, 1.82) is 0 Å². The standard InChI is InChI=1S/C6H4O3/c7-5-3-1-2(3)4(1)6(8)9-5/h1-4H. The first-order valence-electron chi connectivity index (χ1n) is 3.06. The molecule has 46 valence electrons. The number of rotatable bonds is 0. The number of carbonyl (C=O) groups excluding carboxylic acids is 2. The van der Waals surface area contributed by atoms with Crippen LogP contribution in [0.25, 0.3) is 0 Å². The van der Waals surface area contributed by atoms with Crippen molar-refractivity contribution < 1.29 is 14.3 Å². The number of fused-ring (bicyclic) bond motifs is 2. The summed E-state index contributed by atoms with van der Waals surface area (Å²) in [5, 5.41) is 0. The van der Waals surface area contributed by atoms with Crippen LogP contribution in [-0.2, 0) is 14.3 Å². The molecule has 3 nitrogen and oxygen atoms in total. The Hall–Kier alpha value is -0.860. The summed E-state index contributed by atoms with van der Waals surface area (Å²) in [4.78, 5) is 21.2. The zero-order valence-electron chi connectivity index (χ0n) is 4.53. The fourth-order valence-electron chi connectivity index (χ4n) is 1.88. The fraction of sp³-hybridized carbons (Fsp3) is 0.667. The second-order valence-corrected chi connectivity index (χ2v) is 2.95. The second-order valence-electron chi connectivity index (χ2n) is 2.95. The first-order chi connectivity index (χ1) is 4.30. The van der Waals surface area contributed by atoms with Crippen LogP contribution < -0.4 is 0 Å². The molecular weight excluding hydrogens is 120 g/mol. The topological polar surface area (TPSA) is 43.4 Å². The van der Waals surface area contributed by atoms with Gasteiger partial charge in [0.05, 0.1) is 11.8 Å². The van der Waals surface area contributed by atoms with E-state index >= 15 is 0 Å². The van der Waals surface area contributed by atoms with Gasteiger partial charge in [-0.05, 0) is 11.8 Å². The number of esters is 2. The van der Waals surface area contributed by atoms with Gasteiger partial charge >= 0.3 is 11.9 Å². The zero-order valence-corrected chi connectivity index (χ0v) is 4.53. The van der Waals surface area contributed by atoms with Crippen LogP contribution in [0, 0.1) is 23.7 Å². The van der Waals surface area contributed by atoms with Crippen molar-refractivity contribution in [3.63, 3.8) is 0 Å². The molecule has 0 aromatic rings. The van der Waals surface area contributed by atoms with Crippen molar-refractivity contribution in [2.45, 2.75) is 0 Å². The fourth-order valence-corrected chi connectivity index (χ4v) is 1.88. The Morgan fingerprint density at radius 3 is 1.78 bits per heavy atom. The third kappa shape index (κ3) is 0.256. The van der Waals surface area contributed by atoms with Gasteiger partial charge in [-0.15, -0.1) is 0 Å². The van der Waals surface area contributed by atoms with Gasteiger partial charge in [0.25, 0.3) is 0 Å². The lowest BCUT2D eigenvalue weighted by atomic mass is 10.0. The molecule has 2 aliphatic carbocycles. The second kappa shape index (κ2) is 0.818. The Morgan fingerprint density at radius 1 is 1.00 bits per heavy atom. The van der Waals surface area contributed by atoms with Gasteiger partial charge in [0.1, 0.15) is 0 Å². The van der Waals surface area contributed by atoms with Crippen LogP contribution in [0.1, 0.15) is 0 Å². The van der Waals surface area contributed by atoms with Crippen molar-refractivity contribution in [2.75, 3.05) is 0 Å². The molecule has 0 radical (unpaired) electrons. The van der Waals surface area contributed by atoms with E-state index in [-0.39, 0.29) is 23.8 Å². The first-order valence-corrected chi connectivity index (χ1v) is 3.06. The van der Waals surface area contributed by atoms with Crippen molar-refractivity contribution in [2.24, 2.45) is 23.7 Å². The van der Waals surface area contributed by atoms with E-state index in [0.29, 0.717) is 11.8 Å². The first kappa shape index (κ1) is 4.04. The molecule has 0 aromatic heterocycles. The van der Waals surface area contributed by atoms with E-state index in [9.17, 15) is 9.59 Å². The molecular formula is C6H4O3. The van der Waals surface area contributed by atoms with Gasteiger partial charge in [0, 0.05) is 0 Å². The lowest BCUT2D eigenvalue weighted by Crippen LogP contribution is -2.31. The van der Waals surface area contributed by atoms with Crippen LogP contribution in [0.4, 0.5) is 0 Å². The zero-order chi connectivity index (χ0) is 6.17. The molecule has 0 aromatic carbocycles. The summed E-state index contributed by atoms with van der Waals surface area (Å²) >= 11 is 0. The monoisotopic (exact) mass is 124 g/mol. The van der Waals surface area contributed by atoms with Gasteiger partial charge in [-0.25, -0.2) is 0 Å². The molecule has 0 unspecified atom stereocenters. The average molecular weight is 124 g/mol. The van der Waals surface area contributed by atoms with E-state index in [0.717, 1.165) is 0 Å². The minimum atomic E-state index is -0.280. The molecule has 0 spiro atoms. The molecule has 4 aliphatic rings. The number of carbonyl (C=O) groups is 2. The molecule has 0 amide bonds. The Kier molecular flexibility index (Phi) is 0.367. The summed E-state index contributed by atoms with van der Waals surface area (Å²) in [5.41, 5.74) is 0. The molecule has 0 N–H and O–H groups in total. The van der Waals surface area contributed by atoms with E-state index in [1.807, 2.05) is 0 Å². The maximum atomic E-state index is 10.6. The highest BCUT2D eigenvalue weighted by Gasteiger charge is 2.83. The summed E-state index contributed by atoms with van der Waals surface area (Å²) in [5.74, 6) is 0.535. The molecule has 4 fully saturated rings. The normalized spacial score (nSPS) is 58.2.